The van der Waals surface area contributed by atoms with Crippen LogP contribution in [-0.4, -0.2) is 39.5 Å². The lowest BCUT2D eigenvalue weighted by Gasteiger charge is -2.40. The van der Waals surface area contributed by atoms with Crippen LogP contribution in [0, 0.1) is 23.7 Å². The SMILES string of the molecule is CC#CCC(C)C(/C=C/C1C(OC2CCCCO2)CC2Oc3c(Br)cccc3C21)O[Si](C)(C)C(C)(C)C. The van der Waals surface area contributed by atoms with Crippen LogP contribution in [0.15, 0.2) is 34.8 Å². The maximum Gasteiger partial charge on any atom is 0.192 e. The monoisotopic (exact) mass is 588 g/mol. The maximum absolute atomic E-state index is 6.99. The molecule has 0 N–H and O–H groups in total. The Hall–Kier alpha value is -1.10. The van der Waals surface area contributed by atoms with Gasteiger partial charge in [0.05, 0.1) is 16.7 Å². The summed E-state index contributed by atoms with van der Waals surface area (Å²) in [5.74, 6) is 8.10. The number of benzene rings is 1. The van der Waals surface area contributed by atoms with Gasteiger partial charge in [-0.25, -0.2) is 0 Å². The second-order valence-electron chi connectivity index (χ2n) is 12.5. The Morgan fingerprint density at radius 2 is 2.03 bits per heavy atom. The number of rotatable bonds is 8. The van der Waals surface area contributed by atoms with Crippen molar-refractivity contribution in [1.29, 1.82) is 0 Å². The summed E-state index contributed by atoms with van der Waals surface area (Å²) in [6.45, 7) is 16.5. The minimum Gasteiger partial charge on any atom is -0.488 e. The standard InChI is InChI=1S/C31H45BrO4Si/c1-8-9-13-21(2)25(36-37(6,7)31(3,4)5)18-17-22-26(34-28-16-10-11-19-33-28)20-27-29(22)23-14-12-15-24(32)30(23)35-27/h12,14-15,17-18,21-22,25-29H,10-11,13,16,19-20H2,1-7H3/b18-17+. The largest absolute Gasteiger partial charge is 0.488 e. The van der Waals surface area contributed by atoms with Gasteiger partial charge in [-0.2, -0.15) is 0 Å². The first-order chi connectivity index (χ1) is 17.5. The van der Waals surface area contributed by atoms with Crippen molar-refractivity contribution < 1.29 is 18.6 Å². The van der Waals surface area contributed by atoms with Crippen molar-refractivity contribution in [1.82, 2.24) is 0 Å². The first kappa shape index (κ1) is 28.9. The Bertz CT molecular complexity index is 1010. The molecule has 6 heteroatoms. The zero-order chi connectivity index (χ0) is 26.8. The Kier molecular flexibility index (Phi) is 9.34. The van der Waals surface area contributed by atoms with E-state index in [1.54, 1.807) is 0 Å². The predicted octanol–water partition coefficient (Wildman–Crippen LogP) is 8.22. The molecule has 0 amide bonds. The number of ether oxygens (including phenoxy) is 3. The molecule has 1 saturated carbocycles. The van der Waals surface area contributed by atoms with Gasteiger partial charge < -0.3 is 18.6 Å². The average molecular weight is 590 g/mol. The van der Waals surface area contributed by atoms with Gasteiger partial charge in [-0.05, 0) is 72.2 Å². The van der Waals surface area contributed by atoms with Crippen LogP contribution in [0.1, 0.15) is 78.2 Å². The molecule has 0 radical (unpaired) electrons. The smallest absolute Gasteiger partial charge is 0.192 e. The molecule has 7 atom stereocenters. The third-order valence-electron chi connectivity index (χ3n) is 8.72. The molecule has 1 aliphatic carbocycles. The molecule has 0 spiro atoms. The van der Waals surface area contributed by atoms with Gasteiger partial charge in [0.15, 0.2) is 14.6 Å². The van der Waals surface area contributed by atoms with Crippen molar-refractivity contribution in [3.63, 3.8) is 0 Å². The van der Waals surface area contributed by atoms with Crippen molar-refractivity contribution in [3.8, 4) is 17.6 Å². The summed E-state index contributed by atoms with van der Waals surface area (Å²) in [4.78, 5) is 0. The second-order valence-corrected chi connectivity index (χ2v) is 18.1. The highest BCUT2D eigenvalue weighted by molar-refractivity contribution is 9.10. The van der Waals surface area contributed by atoms with Gasteiger partial charge in [-0.15, -0.1) is 11.8 Å². The molecule has 1 saturated heterocycles. The molecule has 4 nitrogen and oxygen atoms in total. The van der Waals surface area contributed by atoms with E-state index in [0.717, 1.165) is 48.9 Å². The van der Waals surface area contributed by atoms with E-state index in [1.807, 2.05) is 6.92 Å². The van der Waals surface area contributed by atoms with Crippen LogP contribution in [0.3, 0.4) is 0 Å². The van der Waals surface area contributed by atoms with Crippen LogP contribution < -0.4 is 4.74 Å². The van der Waals surface area contributed by atoms with Crippen molar-refractivity contribution in [3.05, 3.63) is 40.4 Å². The van der Waals surface area contributed by atoms with Gasteiger partial charge in [-0.1, -0.05) is 52.0 Å². The first-order valence-corrected chi connectivity index (χ1v) is 17.7. The number of halogens is 1. The second kappa shape index (κ2) is 12.0. The van der Waals surface area contributed by atoms with Gasteiger partial charge in [0.2, 0.25) is 0 Å². The van der Waals surface area contributed by atoms with Gasteiger partial charge >= 0.3 is 0 Å². The lowest BCUT2D eigenvalue weighted by Crippen LogP contribution is -2.45. The Morgan fingerprint density at radius 1 is 1.24 bits per heavy atom. The van der Waals surface area contributed by atoms with Crippen LogP contribution in [-0.2, 0) is 13.9 Å². The molecule has 7 unspecified atom stereocenters. The Balaban J connectivity index is 1.63. The molecule has 3 aliphatic rings. The number of hydrogen-bond acceptors (Lipinski definition) is 4. The van der Waals surface area contributed by atoms with Crippen molar-refractivity contribution >= 4 is 24.2 Å². The molecule has 2 heterocycles. The van der Waals surface area contributed by atoms with Crippen LogP contribution in [0.2, 0.25) is 18.1 Å². The number of para-hydroxylation sites is 1. The minimum absolute atomic E-state index is 0.0108. The highest BCUT2D eigenvalue weighted by Crippen LogP contribution is 2.54. The van der Waals surface area contributed by atoms with Crippen molar-refractivity contribution in [2.24, 2.45) is 11.8 Å². The molecule has 1 aromatic carbocycles. The van der Waals surface area contributed by atoms with Crippen molar-refractivity contribution in [2.75, 3.05) is 6.61 Å². The van der Waals surface area contributed by atoms with Crippen LogP contribution in [0.25, 0.3) is 0 Å². The van der Waals surface area contributed by atoms with Gasteiger partial charge in [0, 0.05) is 36.8 Å². The number of fused-ring (bicyclic) bond motifs is 3. The molecule has 2 fully saturated rings. The Labute approximate surface area is 234 Å². The summed E-state index contributed by atoms with van der Waals surface area (Å²) >= 11 is 3.70. The summed E-state index contributed by atoms with van der Waals surface area (Å²) in [5, 5.41) is 0.141. The topological polar surface area (TPSA) is 36.9 Å². The highest BCUT2D eigenvalue weighted by Gasteiger charge is 2.51. The molecular weight excluding hydrogens is 544 g/mol. The summed E-state index contributed by atoms with van der Waals surface area (Å²) in [6, 6.07) is 6.39. The molecule has 37 heavy (non-hydrogen) atoms. The lowest BCUT2D eigenvalue weighted by atomic mass is 9.87. The highest BCUT2D eigenvalue weighted by atomic mass is 79.9. The van der Waals surface area contributed by atoms with E-state index >= 15 is 0 Å². The minimum atomic E-state index is -1.97. The third kappa shape index (κ3) is 6.56. The fraction of sp³-hybridized carbons (Fsp3) is 0.677. The van der Waals surface area contributed by atoms with Gasteiger partial charge in [0.25, 0.3) is 0 Å². The van der Waals surface area contributed by atoms with Gasteiger partial charge in [-0.3, -0.25) is 0 Å². The van der Waals surface area contributed by atoms with E-state index in [4.69, 9.17) is 18.6 Å². The summed E-state index contributed by atoms with van der Waals surface area (Å²) < 4.78 is 27.1. The van der Waals surface area contributed by atoms with E-state index in [9.17, 15) is 0 Å². The van der Waals surface area contributed by atoms with Gasteiger partial charge in [0.1, 0.15) is 11.9 Å². The van der Waals surface area contributed by atoms with E-state index in [-0.39, 0.29) is 41.5 Å². The van der Waals surface area contributed by atoms with Crippen LogP contribution >= 0.6 is 15.9 Å². The van der Waals surface area contributed by atoms with E-state index < -0.39 is 8.32 Å². The molecule has 204 valence electrons. The quantitative estimate of drug-likeness (QED) is 0.174. The Morgan fingerprint density at radius 3 is 2.70 bits per heavy atom. The maximum atomic E-state index is 6.99. The van der Waals surface area contributed by atoms with E-state index in [0.29, 0.717) is 5.92 Å². The fourth-order valence-corrected chi connectivity index (χ4v) is 7.31. The van der Waals surface area contributed by atoms with E-state index in [2.05, 4.69) is 98.9 Å². The average Bonchev–Trinajstić information content (AvgIpc) is 3.37. The molecular formula is C31H45BrO4Si. The summed E-state index contributed by atoms with van der Waals surface area (Å²) in [6.07, 6.45) is 9.70. The molecule has 0 aromatic heterocycles. The van der Waals surface area contributed by atoms with Crippen LogP contribution in [0.5, 0.6) is 5.75 Å². The number of hydrogen-bond donors (Lipinski definition) is 0. The fourth-order valence-electron chi connectivity index (χ4n) is 5.49. The zero-order valence-electron chi connectivity index (χ0n) is 23.7. The van der Waals surface area contributed by atoms with Crippen LogP contribution in [0.4, 0.5) is 0 Å². The third-order valence-corrected chi connectivity index (χ3v) is 13.8. The first-order valence-electron chi connectivity index (χ1n) is 14.0. The zero-order valence-corrected chi connectivity index (χ0v) is 26.3. The molecule has 2 aliphatic heterocycles. The predicted molar refractivity (Wildman–Crippen MR) is 156 cm³/mol. The lowest BCUT2D eigenvalue weighted by molar-refractivity contribution is -0.192. The molecule has 4 rings (SSSR count). The normalized spacial score (nSPS) is 29.2. The van der Waals surface area contributed by atoms with Crippen molar-refractivity contribution in [2.45, 2.75) is 115 Å². The molecule has 0 bridgehead atoms. The summed E-state index contributed by atoms with van der Waals surface area (Å²) in [5.41, 5.74) is 1.27. The van der Waals surface area contributed by atoms with E-state index in [1.165, 1.54) is 5.56 Å². The molecule has 1 aromatic rings. The summed E-state index contributed by atoms with van der Waals surface area (Å²) in [7, 11) is -1.97.